The van der Waals surface area contributed by atoms with Gasteiger partial charge in [0.05, 0.1) is 21.2 Å². The number of hydrogen-bond donors (Lipinski definition) is 0. The lowest BCUT2D eigenvalue weighted by Gasteiger charge is -2.15. The van der Waals surface area contributed by atoms with Crippen molar-refractivity contribution in [3.63, 3.8) is 0 Å². The summed E-state index contributed by atoms with van der Waals surface area (Å²) in [6.07, 6.45) is 3.74. The molecule has 3 rings (SSSR count). The number of amides is 1. The Labute approximate surface area is 141 Å². The predicted octanol–water partition coefficient (Wildman–Crippen LogP) is 3.97. The summed E-state index contributed by atoms with van der Waals surface area (Å²) in [6, 6.07) is 11.8. The molecule has 0 radical (unpaired) electrons. The van der Waals surface area contributed by atoms with Crippen LogP contribution in [0.1, 0.15) is 15.9 Å². The van der Waals surface area contributed by atoms with Gasteiger partial charge in [0.25, 0.3) is 5.91 Å². The maximum Gasteiger partial charge on any atom is 0.254 e. The first kappa shape index (κ1) is 15.0. The molecule has 4 nitrogen and oxygen atoms in total. The number of halogens is 1. The van der Waals surface area contributed by atoms with Crippen LogP contribution in [0.3, 0.4) is 0 Å². The van der Waals surface area contributed by atoms with E-state index < -0.39 is 0 Å². The van der Waals surface area contributed by atoms with E-state index in [1.54, 1.807) is 18.1 Å². The second-order valence-electron chi connectivity index (χ2n) is 4.93. The van der Waals surface area contributed by atoms with Gasteiger partial charge in [-0.05, 0) is 34.1 Å². The summed E-state index contributed by atoms with van der Waals surface area (Å²) >= 11 is 4.89. The lowest BCUT2D eigenvalue weighted by molar-refractivity contribution is 0.0785. The van der Waals surface area contributed by atoms with Gasteiger partial charge in [0.2, 0.25) is 0 Å². The van der Waals surface area contributed by atoms with Gasteiger partial charge in [0.15, 0.2) is 0 Å². The van der Waals surface area contributed by atoms with Crippen LogP contribution < -0.4 is 0 Å². The van der Waals surface area contributed by atoms with Gasteiger partial charge in [0.1, 0.15) is 0 Å². The highest BCUT2D eigenvalue weighted by Crippen LogP contribution is 2.22. The van der Waals surface area contributed by atoms with Crippen molar-refractivity contribution in [2.45, 2.75) is 6.54 Å². The molecule has 2 heterocycles. The zero-order valence-corrected chi connectivity index (χ0v) is 14.3. The third-order valence-electron chi connectivity index (χ3n) is 3.24. The molecule has 0 saturated carbocycles. The van der Waals surface area contributed by atoms with Crippen molar-refractivity contribution in [1.29, 1.82) is 0 Å². The Hall–Kier alpha value is -1.92. The number of carbonyl (C=O) groups excluding carboxylic acids is 1. The lowest BCUT2D eigenvalue weighted by Crippen LogP contribution is -2.25. The fraction of sp³-hybridized carbons (Fsp3) is 0.125. The Morgan fingerprint density at radius 1 is 1.36 bits per heavy atom. The van der Waals surface area contributed by atoms with E-state index in [4.69, 9.17) is 0 Å². The summed E-state index contributed by atoms with van der Waals surface area (Å²) < 4.78 is 2.77. The smallest absolute Gasteiger partial charge is 0.254 e. The molecule has 0 aliphatic rings. The average Bonchev–Trinajstić information content (AvgIpc) is 3.16. The van der Waals surface area contributed by atoms with E-state index in [2.05, 4.69) is 21.0 Å². The highest BCUT2D eigenvalue weighted by Gasteiger charge is 2.14. The molecule has 3 aromatic rings. The van der Waals surface area contributed by atoms with Crippen LogP contribution in [0.25, 0.3) is 5.69 Å². The standard InChI is InChI=1S/C16H14BrN3OS/c1-19(16(21)13-7-15(17)22-11-13)9-12-8-18-20(10-12)14-5-3-2-4-6-14/h2-8,10-11H,9H2,1H3. The topological polar surface area (TPSA) is 38.1 Å². The van der Waals surface area contributed by atoms with E-state index in [1.807, 2.05) is 52.7 Å². The van der Waals surface area contributed by atoms with E-state index in [-0.39, 0.29) is 5.91 Å². The SMILES string of the molecule is CN(Cc1cnn(-c2ccccc2)c1)C(=O)c1csc(Br)c1. The van der Waals surface area contributed by atoms with E-state index in [9.17, 15) is 4.79 Å². The molecule has 2 aromatic heterocycles. The largest absolute Gasteiger partial charge is 0.337 e. The van der Waals surface area contributed by atoms with Crippen LogP contribution in [-0.2, 0) is 6.54 Å². The fourth-order valence-corrected chi connectivity index (χ4v) is 3.28. The normalized spacial score (nSPS) is 10.6. The quantitative estimate of drug-likeness (QED) is 0.691. The molecule has 0 aliphatic carbocycles. The Bertz CT molecular complexity index is 782. The third kappa shape index (κ3) is 3.28. The van der Waals surface area contributed by atoms with Gasteiger partial charge in [-0.25, -0.2) is 4.68 Å². The van der Waals surface area contributed by atoms with Crippen LogP contribution >= 0.6 is 27.3 Å². The van der Waals surface area contributed by atoms with Crippen molar-refractivity contribution < 1.29 is 4.79 Å². The zero-order valence-electron chi connectivity index (χ0n) is 11.9. The summed E-state index contributed by atoms with van der Waals surface area (Å²) in [5, 5.41) is 6.21. The molecule has 0 unspecified atom stereocenters. The highest BCUT2D eigenvalue weighted by molar-refractivity contribution is 9.11. The van der Waals surface area contributed by atoms with Gasteiger partial charge in [-0.3, -0.25) is 4.79 Å². The first-order valence-corrected chi connectivity index (χ1v) is 8.39. The summed E-state index contributed by atoms with van der Waals surface area (Å²) in [4.78, 5) is 14.0. The van der Waals surface area contributed by atoms with Crippen LogP contribution in [0.5, 0.6) is 0 Å². The summed E-state index contributed by atoms with van der Waals surface area (Å²) in [5.74, 6) is 0.00871. The number of aromatic nitrogens is 2. The Morgan fingerprint density at radius 3 is 2.82 bits per heavy atom. The Kier molecular flexibility index (Phi) is 4.40. The first-order chi connectivity index (χ1) is 10.6. The predicted molar refractivity (Wildman–Crippen MR) is 91.4 cm³/mol. The van der Waals surface area contributed by atoms with Crippen molar-refractivity contribution >= 4 is 33.2 Å². The minimum Gasteiger partial charge on any atom is -0.337 e. The molecule has 1 amide bonds. The summed E-state index contributed by atoms with van der Waals surface area (Å²) in [7, 11) is 1.80. The Balaban J connectivity index is 1.71. The van der Waals surface area contributed by atoms with Crippen molar-refractivity contribution in [1.82, 2.24) is 14.7 Å². The van der Waals surface area contributed by atoms with Crippen LogP contribution in [-0.4, -0.2) is 27.6 Å². The van der Waals surface area contributed by atoms with Gasteiger partial charge in [0, 0.05) is 30.7 Å². The van der Waals surface area contributed by atoms with E-state index >= 15 is 0 Å². The van der Waals surface area contributed by atoms with E-state index in [1.165, 1.54) is 11.3 Å². The molecule has 0 spiro atoms. The van der Waals surface area contributed by atoms with E-state index in [0.29, 0.717) is 12.1 Å². The highest BCUT2D eigenvalue weighted by atomic mass is 79.9. The number of benzene rings is 1. The van der Waals surface area contributed by atoms with Crippen LogP contribution in [0.15, 0.2) is 58.0 Å². The van der Waals surface area contributed by atoms with Crippen molar-refractivity contribution in [2.75, 3.05) is 7.05 Å². The molecule has 6 heteroatoms. The molecular formula is C16H14BrN3OS. The maximum atomic E-state index is 12.3. The molecule has 0 saturated heterocycles. The van der Waals surface area contributed by atoms with Gasteiger partial charge in [-0.1, -0.05) is 18.2 Å². The number of para-hydroxylation sites is 1. The van der Waals surface area contributed by atoms with Crippen LogP contribution in [0, 0.1) is 0 Å². The number of carbonyl (C=O) groups is 1. The summed E-state index contributed by atoms with van der Waals surface area (Å²) in [6.45, 7) is 0.527. The van der Waals surface area contributed by atoms with Gasteiger partial charge < -0.3 is 4.90 Å². The number of thiophene rings is 1. The molecule has 112 valence electrons. The van der Waals surface area contributed by atoms with Gasteiger partial charge in [-0.2, -0.15) is 5.10 Å². The average molecular weight is 376 g/mol. The molecule has 1 aromatic carbocycles. The zero-order chi connectivity index (χ0) is 15.5. The fourth-order valence-electron chi connectivity index (χ4n) is 2.15. The van der Waals surface area contributed by atoms with E-state index in [0.717, 1.165) is 15.0 Å². The third-order valence-corrected chi connectivity index (χ3v) is 4.74. The second-order valence-corrected chi connectivity index (χ2v) is 7.22. The monoisotopic (exact) mass is 375 g/mol. The minimum absolute atomic E-state index is 0.00871. The Morgan fingerprint density at radius 2 is 2.14 bits per heavy atom. The number of hydrogen-bond acceptors (Lipinski definition) is 3. The molecule has 0 fully saturated rings. The van der Waals surface area contributed by atoms with Crippen molar-refractivity contribution in [3.8, 4) is 5.69 Å². The summed E-state index contributed by atoms with van der Waals surface area (Å²) in [5.41, 5.74) is 2.70. The molecular weight excluding hydrogens is 362 g/mol. The second kappa shape index (κ2) is 6.46. The van der Waals surface area contributed by atoms with Gasteiger partial charge >= 0.3 is 0 Å². The molecule has 0 atom stereocenters. The van der Waals surface area contributed by atoms with Gasteiger partial charge in [-0.15, -0.1) is 11.3 Å². The lowest BCUT2D eigenvalue weighted by atomic mass is 10.2. The van der Waals surface area contributed by atoms with Crippen molar-refractivity contribution in [2.24, 2.45) is 0 Å². The maximum absolute atomic E-state index is 12.3. The molecule has 22 heavy (non-hydrogen) atoms. The van der Waals surface area contributed by atoms with Crippen molar-refractivity contribution in [3.05, 3.63) is 69.1 Å². The molecule has 0 bridgehead atoms. The molecule has 0 N–H and O–H groups in total. The first-order valence-electron chi connectivity index (χ1n) is 6.72. The minimum atomic E-state index is 0.00871. The molecule has 0 aliphatic heterocycles. The number of nitrogens with zero attached hydrogens (tertiary/aromatic N) is 3. The van der Waals surface area contributed by atoms with Crippen LogP contribution in [0.2, 0.25) is 0 Å². The van der Waals surface area contributed by atoms with Crippen LogP contribution in [0.4, 0.5) is 0 Å². The number of rotatable bonds is 4.